The molecule has 0 radical (unpaired) electrons. The van der Waals surface area contributed by atoms with Crippen LogP contribution in [-0.2, 0) is 94.9 Å². The SMILES string of the molecule is CC(=O)N[C@@H]1[C@@H](O)[C@H](O[C@@H]2O[C@H](CO)[C@@H](O[C@@H]3O[C@H](CO[C@H]4O[C@H](CO[C@H]5O[C@H](CO)[C@@H](O)[C@H](O)[C@@H]5O[C@H]5O[C@H](CO)[C@@H](O)[C@H](O)[C@@H]5O)[C@@H](O)[C@H](O[C@H]5O[C@H](CO)[C@@H](O)[C@H](O)[C@@H]5O)[C@@H]4O)[C@@H](O)[C@H](O[C@H]4O[C@H](CO)[C@@H](O)[C@H](O)[C@@H]4O[C@@H]4O[C@H](CO)[C@@H](O)[C@H](O)[C@H]4NC(C)=O)[C@@H]3O)[C@H](O)[C@H]2NC(C)=O)[C@@H](CO)O[C@H]1O. The van der Waals surface area contributed by atoms with E-state index in [1.807, 2.05) is 0 Å². The van der Waals surface area contributed by atoms with Crippen molar-refractivity contribution in [2.24, 2.45) is 0 Å². The molecule has 0 saturated carbocycles. The van der Waals surface area contributed by atoms with Crippen LogP contribution in [0.15, 0.2) is 0 Å². The Morgan fingerprint density at radius 2 is 0.514 bits per heavy atom. The molecule has 0 bridgehead atoms. The van der Waals surface area contributed by atoms with Crippen molar-refractivity contribution < 1.29 is 228 Å². The molecule has 109 heavy (non-hydrogen) atoms. The first-order chi connectivity index (χ1) is 51.6. The minimum atomic E-state index is -2.55. The van der Waals surface area contributed by atoms with E-state index in [1.54, 1.807) is 0 Å². The predicted octanol–water partition coefficient (Wildman–Crippen LogP) is -20.2. The third kappa shape index (κ3) is 19.7. The second-order valence-corrected chi connectivity index (χ2v) is 27.5. The number of rotatable bonds is 28. The van der Waals surface area contributed by atoms with Crippen LogP contribution in [0.3, 0.4) is 0 Å². The van der Waals surface area contributed by atoms with E-state index in [4.69, 9.17) is 80.5 Å². The van der Waals surface area contributed by atoms with Gasteiger partial charge in [-0.2, -0.15) is 0 Å². The highest BCUT2D eigenvalue weighted by Gasteiger charge is 2.60. The maximum atomic E-state index is 13.0. The molecule has 9 aliphatic rings. The molecule has 49 nitrogen and oxygen atoms in total. The molecule has 29 N–H and O–H groups in total. The summed E-state index contributed by atoms with van der Waals surface area (Å²) in [5.74, 6) is -2.60. The lowest BCUT2D eigenvalue weighted by Crippen LogP contribution is -2.70. The Morgan fingerprint density at radius 1 is 0.239 bits per heavy atom. The predicted molar refractivity (Wildman–Crippen MR) is 332 cm³/mol. The van der Waals surface area contributed by atoms with Crippen LogP contribution in [0, 0.1) is 0 Å². The molecule has 0 aliphatic carbocycles. The molecule has 3 amide bonds. The molecular formula is C60H101N3O46. The molecule has 9 heterocycles. The second-order valence-electron chi connectivity index (χ2n) is 27.5. The van der Waals surface area contributed by atoms with Crippen LogP contribution in [-0.4, -0.2) is 486 Å². The normalized spacial score (nSPS) is 50.0. The minimum absolute atomic E-state index is 0.786. The molecular weight excluding hydrogens is 1500 g/mol. The van der Waals surface area contributed by atoms with Crippen molar-refractivity contribution in [1.82, 2.24) is 16.0 Å². The average Bonchev–Trinajstić information content (AvgIpc) is 0.775. The first-order valence-electron chi connectivity index (χ1n) is 34.6. The smallest absolute Gasteiger partial charge is 0.217 e. The standard InChI is InChI=1S/C60H101N3O46/c1-13(71)61-25-36(82)46(21(9-69)95-52(25)92)104-54-27(63-15(3)73)37(83)47(22(10-70)101-54)105-58-45(91)49(107-60-51(41(87)32(78)20(8-68)100-60)108-53-26(62-14(2)72)35(81)28(74)16(4-64)96-53)34(80)24(103-58)11-93-55-44(90)48(106-56-42(88)38(84)29(75)17(5-65)97-56)33(79)23(102-55)12-94-59-50(40(86)31(77)19(7-67)99-59)109-57-43(89)39(85)30(76)18(6-66)98-57/h16-60,64-70,74-92H,4-12H2,1-3H3,(H,61,71)(H,62,72)(H,63,73)/t16-,17-,18-,19-,20-,21-,22-,23-,24-,25-,26-,27-,28-,29-,30-,31-,32-,33-,34-,35-,36-,37-,38+,39+,40+,41+,42+,43+,44+,45+,46-,47-,48+,49+,50+,51+,52-,53+,54+,55+,56-,57-,58+,59+,60-/m1/s1. The molecule has 49 heteroatoms. The summed E-state index contributed by atoms with van der Waals surface area (Å²) in [6.45, 7) is -6.83. The summed E-state index contributed by atoms with van der Waals surface area (Å²) in [5, 5.41) is 294. The van der Waals surface area contributed by atoms with Gasteiger partial charge in [0.2, 0.25) is 17.7 Å². The highest BCUT2D eigenvalue weighted by atomic mass is 16.8. The summed E-state index contributed by atoms with van der Waals surface area (Å²) < 4.78 is 99.7. The van der Waals surface area contributed by atoms with Crippen LogP contribution in [0.1, 0.15) is 20.8 Å². The van der Waals surface area contributed by atoms with Crippen molar-refractivity contribution in [3.63, 3.8) is 0 Å². The van der Waals surface area contributed by atoms with Crippen LogP contribution in [0.5, 0.6) is 0 Å². The van der Waals surface area contributed by atoms with E-state index < -0.39 is 353 Å². The molecule has 9 fully saturated rings. The summed E-state index contributed by atoms with van der Waals surface area (Å²) in [6.07, 6.45) is -88.1. The number of aliphatic hydroxyl groups excluding tert-OH is 26. The number of amides is 3. The van der Waals surface area contributed by atoms with Crippen molar-refractivity contribution in [3.05, 3.63) is 0 Å². The molecule has 632 valence electrons. The lowest BCUT2D eigenvalue weighted by Gasteiger charge is -2.51. The third-order valence-electron chi connectivity index (χ3n) is 19.9. The minimum Gasteiger partial charge on any atom is -0.394 e. The van der Waals surface area contributed by atoms with Crippen LogP contribution in [0.25, 0.3) is 0 Å². The van der Waals surface area contributed by atoms with Gasteiger partial charge in [0.15, 0.2) is 56.6 Å². The summed E-state index contributed by atoms with van der Waals surface area (Å²) in [6, 6.07) is -5.36. The third-order valence-corrected chi connectivity index (χ3v) is 19.9. The first kappa shape index (κ1) is 89.6. The van der Waals surface area contributed by atoms with Gasteiger partial charge in [-0.25, -0.2) is 0 Å². The van der Waals surface area contributed by atoms with Crippen LogP contribution < -0.4 is 16.0 Å². The summed E-state index contributed by atoms with van der Waals surface area (Å²) in [5.41, 5.74) is 0. The van der Waals surface area contributed by atoms with E-state index in [0.717, 1.165) is 20.8 Å². The van der Waals surface area contributed by atoms with Gasteiger partial charge >= 0.3 is 0 Å². The lowest BCUT2D eigenvalue weighted by atomic mass is 9.94. The summed E-state index contributed by atoms with van der Waals surface area (Å²) in [7, 11) is 0. The van der Waals surface area contributed by atoms with Gasteiger partial charge in [-0.15, -0.1) is 0 Å². The maximum absolute atomic E-state index is 13.0. The van der Waals surface area contributed by atoms with Crippen molar-refractivity contribution >= 4 is 17.7 Å². The summed E-state index contributed by atoms with van der Waals surface area (Å²) in [4.78, 5) is 37.6. The van der Waals surface area contributed by atoms with Gasteiger partial charge in [0.25, 0.3) is 0 Å². The van der Waals surface area contributed by atoms with Crippen molar-refractivity contribution in [2.45, 2.75) is 297 Å². The number of ether oxygens (including phenoxy) is 17. The number of hydrogen-bond acceptors (Lipinski definition) is 46. The lowest BCUT2D eigenvalue weighted by molar-refractivity contribution is -0.396. The first-order valence-corrected chi connectivity index (χ1v) is 34.6. The fourth-order valence-corrected chi connectivity index (χ4v) is 13.9. The fourth-order valence-electron chi connectivity index (χ4n) is 13.9. The van der Waals surface area contributed by atoms with E-state index in [2.05, 4.69) is 16.0 Å². The Bertz CT molecular complexity index is 2840. The monoisotopic (exact) mass is 1600 g/mol. The zero-order valence-electron chi connectivity index (χ0n) is 58.1. The molecule has 0 aromatic heterocycles. The molecule has 0 aromatic rings. The second kappa shape index (κ2) is 39.1. The van der Waals surface area contributed by atoms with Gasteiger partial charge in [0, 0.05) is 20.8 Å². The van der Waals surface area contributed by atoms with E-state index in [0.29, 0.717) is 0 Å². The van der Waals surface area contributed by atoms with Crippen molar-refractivity contribution in [2.75, 3.05) is 59.5 Å². The van der Waals surface area contributed by atoms with Gasteiger partial charge in [-0.1, -0.05) is 0 Å². The van der Waals surface area contributed by atoms with E-state index in [1.165, 1.54) is 0 Å². The highest BCUT2D eigenvalue weighted by Crippen LogP contribution is 2.39. The molecule has 0 aromatic carbocycles. The Morgan fingerprint density at radius 3 is 0.963 bits per heavy atom. The van der Waals surface area contributed by atoms with Gasteiger partial charge in [0.05, 0.1) is 59.5 Å². The van der Waals surface area contributed by atoms with Gasteiger partial charge in [-0.3, -0.25) is 14.4 Å². The van der Waals surface area contributed by atoms with E-state index in [-0.39, 0.29) is 0 Å². The molecule has 0 unspecified atom stereocenters. The van der Waals surface area contributed by atoms with Crippen LogP contribution in [0.2, 0.25) is 0 Å². The molecule has 9 rings (SSSR count). The fraction of sp³-hybridized carbons (Fsp3) is 0.950. The molecule has 9 saturated heterocycles. The number of aliphatic hydroxyl groups is 26. The van der Waals surface area contributed by atoms with Crippen LogP contribution >= 0.6 is 0 Å². The van der Waals surface area contributed by atoms with Crippen molar-refractivity contribution in [1.29, 1.82) is 0 Å². The maximum Gasteiger partial charge on any atom is 0.217 e. The number of carbonyl (C=O) groups excluding carboxylic acids is 3. The van der Waals surface area contributed by atoms with Gasteiger partial charge < -0.3 is 229 Å². The Balaban J connectivity index is 1.06. The zero-order valence-corrected chi connectivity index (χ0v) is 58.1. The van der Waals surface area contributed by atoms with Gasteiger partial charge in [0.1, 0.15) is 220 Å². The largest absolute Gasteiger partial charge is 0.394 e. The molecule has 45 atom stereocenters. The van der Waals surface area contributed by atoms with Crippen LogP contribution in [0.4, 0.5) is 0 Å². The molecule has 9 aliphatic heterocycles. The van der Waals surface area contributed by atoms with E-state index in [9.17, 15) is 147 Å². The Labute approximate surface area is 616 Å². The highest BCUT2D eigenvalue weighted by molar-refractivity contribution is 5.74. The number of nitrogens with one attached hydrogen (secondary N) is 3. The number of hydrogen-bond donors (Lipinski definition) is 29. The number of carbonyl (C=O) groups is 3. The Kier molecular flexibility index (Phi) is 32.1. The van der Waals surface area contributed by atoms with E-state index >= 15 is 0 Å². The molecule has 0 spiro atoms. The topological polar surface area (TPSA) is 770 Å². The Hall–Kier alpha value is -3.31. The quantitative estimate of drug-likeness (QED) is 0.0346. The average molecular weight is 1600 g/mol. The van der Waals surface area contributed by atoms with Gasteiger partial charge in [-0.05, 0) is 0 Å². The summed E-state index contributed by atoms with van der Waals surface area (Å²) >= 11 is 0. The zero-order chi connectivity index (χ0) is 80.2. The van der Waals surface area contributed by atoms with Crippen molar-refractivity contribution in [3.8, 4) is 0 Å².